The molecule has 48 heavy (non-hydrogen) atoms. The Labute approximate surface area is 278 Å². The lowest BCUT2D eigenvalue weighted by molar-refractivity contribution is 1.30. The van der Waals surface area contributed by atoms with Crippen LogP contribution in [-0.2, 0) is 0 Å². The minimum Gasteiger partial charge on any atom is -0.263 e. The smallest absolute Gasteiger partial charge is 0.101 e. The summed E-state index contributed by atoms with van der Waals surface area (Å²) in [6, 6.07) is 43.5. The molecule has 0 fully saturated rings. The van der Waals surface area contributed by atoms with Crippen molar-refractivity contribution in [2.24, 2.45) is 0 Å². The molecule has 7 aromatic rings. The third-order valence-corrected chi connectivity index (χ3v) is 8.35. The van der Waals surface area contributed by atoms with Crippen molar-refractivity contribution in [2.45, 2.75) is 0 Å². The molecule has 0 spiro atoms. The van der Waals surface area contributed by atoms with Crippen molar-refractivity contribution in [2.75, 3.05) is 0 Å². The zero-order valence-electron chi connectivity index (χ0n) is 25.5. The van der Waals surface area contributed by atoms with Crippen LogP contribution in [0.25, 0.3) is 66.8 Å². The molecule has 0 amide bonds. The zero-order chi connectivity index (χ0) is 32.9. The number of rotatable bonds is 6. The van der Waals surface area contributed by atoms with Gasteiger partial charge in [-0.3, -0.25) is 15.0 Å². The quantitative estimate of drug-likeness (QED) is 0.185. The Balaban J connectivity index is 1.30. The highest BCUT2D eigenvalue weighted by atomic mass is 14.6. The SMILES string of the molecule is N#Cc1cnccc1-c1ccc(-c2cc(-c3ccc(-c4ccncc4C#N)cc3)cc(-c3ccc(-c4ccncc4C#N)cc3)c2)cc1. The summed E-state index contributed by atoms with van der Waals surface area (Å²) >= 11 is 0. The Bertz CT molecular complexity index is 2120. The van der Waals surface area contributed by atoms with Crippen LogP contribution < -0.4 is 0 Å². The van der Waals surface area contributed by atoms with Crippen LogP contribution in [-0.4, -0.2) is 15.0 Å². The molecule has 0 aliphatic rings. The van der Waals surface area contributed by atoms with E-state index in [9.17, 15) is 15.8 Å². The van der Waals surface area contributed by atoms with E-state index >= 15 is 0 Å². The summed E-state index contributed by atoms with van der Waals surface area (Å²) in [6.07, 6.45) is 9.84. The van der Waals surface area contributed by atoms with Crippen molar-refractivity contribution in [3.63, 3.8) is 0 Å². The van der Waals surface area contributed by atoms with E-state index in [2.05, 4.69) is 87.8 Å². The van der Waals surface area contributed by atoms with Crippen LogP contribution in [0.5, 0.6) is 0 Å². The average Bonchev–Trinajstić information content (AvgIpc) is 3.18. The van der Waals surface area contributed by atoms with E-state index in [1.807, 2.05) is 54.6 Å². The highest BCUT2D eigenvalue weighted by molar-refractivity contribution is 5.84. The number of nitrogens with zero attached hydrogens (tertiary/aromatic N) is 6. The minimum atomic E-state index is 0.531. The predicted octanol–water partition coefficient (Wildman–Crippen LogP) is 9.49. The van der Waals surface area contributed by atoms with Gasteiger partial charge in [0.2, 0.25) is 0 Å². The Morgan fingerprint density at radius 3 is 0.812 bits per heavy atom. The van der Waals surface area contributed by atoms with Crippen molar-refractivity contribution >= 4 is 0 Å². The number of hydrogen-bond donors (Lipinski definition) is 0. The molecular formula is C42H24N6. The number of benzene rings is 4. The molecule has 0 saturated heterocycles. The van der Waals surface area contributed by atoms with E-state index in [0.29, 0.717) is 16.7 Å². The van der Waals surface area contributed by atoms with Crippen LogP contribution in [0, 0.1) is 34.0 Å². The van der Waals surface area contributed by atoms with Crippen LogP contribution in [0.4, 0.5) is 0 Å². The van der Waals surface area contributed by atoms with Crippen molar-refractivity contribution in [3.8, 4) is 85.0 Å². The van der Waals surface area contributed by atoms with Crippen molar-refractivity contribution in [1.82, 2.24) is 15.0 Å². The van der Waals surface area contributed by atoms with Crippen LogP contribution in [0.15, 0.2) is 146 Å². The van der Waals surface area contributed by atoms with Gasteiger partial charge < -0.3 is 0 Å². The summed E-state index contributed by atoms with van der Waals surface area (Å²) in [5.41, 5.74) is 13.2. The molecule has 0 radical (unpaired) electrons. The maximum Gasteiger partial charge on any atom is 0.101 e. The van der Waals surface area contributed by atoms with Gasteiger partial charge in [0, 0.05) is 53.9 Å². The van der Waals surface area contributed by atoms with Gasteiger partial charge in [0.25, 0.3) is 0 Å². The first-order valence-electron chi connectivity index (χ1n) is 15.1. The van der Waals surface area contributed by atoms with E-state index in [4.69, 9.17) is 0 Å². The third kappa shape index (κ3) is 5.80. The average molecular weight is 613 g/mol. The standard InChI is InChI=1S/C42H24N6/c43-22-37-25-46-16-13-40(37)31-7-1-28(2-8-31)34-19-35(29-3-9-32(10-4-29)41-14-17-47-26-38(41)23-44)21-36(20-34)30-5-11-33(12-6-30)42-15-18-48-27-39(42)24-45/h1-21,25-27H. The molecule has 7 rings (SSSR count). The molecule has 6 heteroatoms. The highest BCUT2D eigenvalue weighted by Crippen LogP contribution is 2.36. The van der Waals surface area contributed by atoms with Gasteiger partial charge in [0.1, 0.15) is 18.2 Å². The van der Waals surface area contributed by atoms with Crippen LogP contribution in [0.3, 0.4) is 0 Å². The lowest BCUT2D eigenvalue weighted by Crippen LogP contribution is -1.89. The molecular weight excluding hydrogens is 589 g/mol. The largest absolute Gasteiger partial charge is 0.263 e. The molecule has 0 unspecified atom stereocenters. The second kappa shape index (κ2) is 13.0. The monoisotopic (exact) mass is 612 g/mol. The van der Waals surface area contributed by atoms with E-state index < -0.39 is 0 Å². The topological polar surface area (TPSA) is 110 Å². The fourth-order valence-electron chi connectivity index (χ4n) is 5.86. The van der Waals surface area contributed by atoms with Gasteiger partial charge in [-0.25, -0.2) is 0 Å². The summed E-state index contributed by atoms with van der Waals surface area (Å²) in [5.74, 6) is 0. The first-order chi connectivity index (χ1) is 23.6. The van der Waals surface area contributed by atoms with Gasteiger partial charge in [0.15, 0.2) is 0 Å². The molecule has 0 atom stereocenters. The molecule has 222 valence electrons. The van der Waals surface area contributed by atoms with Crippen LogP contribution >= 0.6 is 0 Å². The third-order valence-electron chi connectivity index (χ3n) is 8.35. The van der Waals surface area contributed by atoms with Gasteiger partial charge in [-0.2, -0.15) is 15.8 Å². The van der Waals surface area contributed by atoms with Crippen molar-refractivity contribution < 1.29 is 0 Å². The van der Waals surface area contributed by atoms with Gasteiger partial charge >= 0.3 is 0 Å². The number of aromatic nitrogens is 3. The van der Waals surface area contributed by atoms with Crippen LogP contribution in [0.2, 0.25) is 0 Å². The first-order valence-corrected chi connectivity index (χ1v) is 15.1. The molecule has 0 aliphatic heterocycles. The maximum atomic E-state index is 9.58. The number of nitriles is 3. The first kappa shape index (κ1) is 29.5. The summed E-state index contributed by atoms with van der Waals surface area (Å²) < 4.78 is 0. The second-order valence-electron chi connectivity index (χ2n) is 11.1. The Morgan fingerprint density at radius 1 is 0.312 bits per heavy atom. The summed E-state index contributed by atoms with van der Waals surface area (Å²) in [6.45, 7) is 0. The van der Waals surface area contributed by atoms with Gasteiger partial charge in [-0.15, -0.1) is 0 Å². The minimum absolute atomic E-state index is 0.531. The number of pyridine rings is 3. The van der Waals surface area contributed by atoms with Gasteiger partial charge in [-0.05, 0) is 86.5 Å². The molecule has 4 aromatic carbocycles. The Kier molecular flexibility index (Phi) is 8.01. The molecule has 6 nitrogen and oxygen atoms in total. The molecule has 0 N–H and O–H groups in total. The molecule has 0 aliphatic carbocycles. The molecule has 3 aromatic heterocycles. The molecule has 3 heterocycles. The predicted molar refractivity (Wildman–Crippen MR) is 187 cm³/mol. The lowest BCUT2D eigenvalue weighted by atomic mass is 9.91. The fraction of sp³-hybridized carbons (Fsp3) is 0. The normalized spacial score (nSPS) is 10.4. The number of hydrogen-bond acceptors (Lipinski definition) is 6. The van der Waals surface area contributed by atoms with Gasteiger partial charge in [-0.1, -0.05) is 72.8 Å². The van der Waals surface area contributed by atoms with Crippen LogP contribution in [0.1, 0.15) is 16.7 Å². The Hall–Kier alpha value is -7.20. The molecule has 0 bridgehead atoms. The van der Waals surface area contributed by atoms with E-state index in [-0.39, 0.29) is 0 Å². The zero-order valence-corrected chi connectivity index (χ0v) is 25.5. The summed E-state index contributed by atoms with van der Waals surface area (Å²) in [7, 11) is 0. The highest BCUT2D eigenvalue weighted by Gasteiger charge is 2.12. The molecule has 0 saturated carbocycles. The summed E-state index contributed by atoms with van der Waals surface area (Å²) in [4.78, 5) is 12.3. The van der Waals surface area contributed by atoms with Gasteiger partial charge in [0.05, 0.1) is 16.7 Å². The van der Waals surface area contributed by atoms with E-state index in [0.717, 1.165) is 66.8 Å². The lowest BCUT2D eigenvalue weighted by Gasteiger charge is -2.13. The Morgan fingerprint density at radius 2 is 0.562 bits per heavy atom. The maximum absolute atomic E-state index is 9.58. The van der Waals surface area contributed by atoms with E-state index in [1.165, 1.54) is 0 Å². The van der Waals surface area contributed by atoms with E-state index in [1.54, 1.807) is 37.2 Å². The van der Waals surface area contributed by atoms with Crippen molar-refractivity contribution in [1.29, 1.82) is 15.8 Å². The van der Waals surface area contributed by atoms with Crippen molar-refractivity contribution in [3.05, 3.63) is 163 Å². The second-order valence-corrected chi connectivity index (χ2v) is 11.1. The fourth-order valence-corrected chi connectivity index (χ4v) is 5.86. The summed E-state index contributed by atoms with van der Waals surface area (Å²) in [5, 5.41) is 28.7.